The van der Waals surface area contributed by atoms with Crippen molar-refractivity contribution in [2.75, 3.05) is 0 Å². The largest absolute Gasteiger partial charge is 0.433 e. The number of hydrogen-bond acceptors (Lipinski definition) is 3. The molecule has 0 fully saturated rings. The summed E-state index contributed by atoms with van der Waals surface area (Å²) in [5.41, 5.74) is 0.889. The molecule has 0 amide bonds. The number of benzene rings is 1. The fourth-order valence-corrected chi connectivity index (χ4v) is 2.30. The minimum atomic E-state index is -4.52. The van der Waals surface area contributed by atoms with Crippen LogP contribution in [0.2, 0.25) is 0 Å². The smallest absolute Gasteiger partial charge is 0.392 e. The molecule has 0 saturated carbocycles. The van der Waals surface area contributed by atoms with E-state index in [2.05, 4.69) is 10.1 Å². The average Bonchev–Trinajstić information content (AvgIpc) is 3.05. The van der Waals surface area contributed by atoms with E-state index in [1.165, 1.54) is 6.07 Å². The number of nitrogens with zero attached hydrogens (tertiary/aromatic N) is 3. The Morgan fingerprint density at radius 2 is 1.78 bits per heavy atom. The van der Waals surface area contributed by atoms with Crippen LogP contribution in [-0.4, -0.2) is 19.9 Å². The highest BCUT2D eigenvalue weighted by Gasteiger charge is 2.35. The molecule has 3 aromatic rings. The topological polar surface area (TPSA) is 50.9 Å². The third kappa shape index (κ3) is 2.95. The zero-order valence-corrected chi connectivity index (χ0v) is 11.8. The van der Waals surface area contributed by atoms with Crippen LogP contribution in [0.15, 0.2) is 54.7 Å². The van der Waals surface area contributed by atoms with Gasteiger partial charge < -0.3 is 5.11 Å². The van der Waals surface area contributed by atoms with Gasteiger partial charge in [-0.2, -0.15) is 18.3 Å². The van der Waals surface area contributed by atoms with E-state index in [0.29, 0.717) is 16.8 Å². The summed E-state index contributed by atoms with van der Waals surface area (Å²) in [6.07, 6.45) is -3.43. The van der Waals surface area contributed by atoms with Gasteiger partial charge in [-0.25, -0.2) is 9.67 Å². The van der Waals surface area contributed by atoms with E-state index in [1.807, 2.05) is 0 Å². The number of rotatable bonds is 3. The summed E-state index contributed by atoms with van der Waals surface area (Å²) < 4.78 is 39.7. The predicted octanol–water partition coefficient (Wildman–Crippen LogP) is 3.45. The molecule has 0 aliphatic rings. The maximum absolute atomic E-state index is 13.0. The van der Waals surface area contributed by atoms with E-state index in [0.717, 1.165) is 16.9 Å². The minimum absolute atomic E-state index is 0.0626. The van der Waals surface area contributed by atoms with Crippen molar-refractivity contribution in [2.45, 2.75) is 12.8 Å². The van der Waals surface area contributed by atoms with E-state index < -0.39 is 11.9 Å². The monoisotopic (exact) mass is 319 g/mol. The van der Waals surface area contributed by atoms with Crippen molar-refractivity contribution in [3.05, 3.63) is 66.0 Å². The maximum atomic E-state index is 13.0. The lowest BCUT2D eigenvalue weighted by Gasteiger charge is -2.11. The lowest BCUT2D eigenvalue weighted by atomic mass is 10.0. The third-order valence-electron chi connectivity index (χ3n) is 3.35. The fraction of sp³-hybridized carbons (Fsp3) is 0.125. The maximum Gasteiger partial charge on any atom is 0.433 e. The van der Waals surface area contributed by atoms with Crippen molar-refractivity contribution >= 4 is 0 Å². The molecule has 7 heteroatoms. The van der Waals surface area contributed by atoms with Crippen LogP contribution in [0.1, 0.15) is 11.3 Å². The Morgan fingerprint density at radius 3 is 2.52 bits per heavy atom. The van der Waals surface area contributed by atoms with Gasteiger partial charge in [0.15, 0.2) is 5.82 Å². The van der Waals surface area contributed by atoms with Crippen molar-refractivity contribution in [2.24, 2.45) is 0 Å². The second-order valence-corrected chi connectivity index (χ2v) is 4.82. The number of pyridine rings is 1. The SMILES string of the molecule is OCc1ccccc1-c1cccc(-n2nccc2C(F)(F)F)n1. The zero-order valence-electron chi connectivity index (χ0n) is 11.8. The van der Waals surface area contributed by atoms with Gasteiger partial charge in [-0.1, -0.05) is 30.3 Å². The Balaban J connectivity index is 2.10. The summed E-state index contributed by atoms with van der Waals surface area (Å²) in [5.74, 6) is 0.0626. The summed E-state index contributed by atoms with van der Waals surface area (Å²) in [6.45, 7) is -0.183. The molecule has 2 aromatic heterocycles. The summed E-state index contributed by atoms with van der Waals surface area (Å²) in [6, 6.07) is 12.7. The van der Waals surface area contributed by atoms with Crippen LogP contribution in [-0.2, 0) is 12.8 Å². The van der Waals surface area contributed by atoms with E-state index in [9.17, 15) is 18.3 Å². The van der Waals surface area contributed by atoms with Gasteiger partial charge in [0.25, 0.3) is 0 Å². The Hall–Kier alpha value is -2.67. The molecule has 0 saturated heterocycles. The van der Waals surface area contributed by atoms with Gasteiger partial charge in [-0.15, -0.1) is 0 Å². The third-order valence-corrected chi connectivity index (χ3v) is 3.35. The van der Waals surface area contributed by atoms with E-state index >= 15 is 0 Å². The summed E-state index contributed by atoms with van der Waals surface area (Å²) >= 11 is 0. The number of alkyl halides is 3. The molecule has 2 heterocycles. The van der Waals surface area contributed by atoms with Crippen molar-refractivity contribution in [1.82, 2.24) is 14.8 Å². The van der Waals surface area contributed by atoms with Gasteiger partial charge in [0.05, 0.1) is 18.5 Å². The molecule has 1 N–H and O–H groups in total. The Labute approximate surface area is 129 Å². The Kier molecular flexibility index (Phi) is 3.87. The number of halogens is 3. The van der Waals surface area contributed by atoms with Crippen LogP contribution < -0.4 is 0 Å². The summed E-state index contributed by atoms with van der Waals surface area (Å²) in [5, 5.41) is 13.1. The van der Waals surface area contributed by atoms with Crippen LogP contribution in [0.3, 0.4) is 0 Å². The van der Waals surface area contributed by atoms with Crippen molar-refractivity contribution in [1.29, 1.82) is 0 Å². The summed E-state index contributed by atoms with van der Waals surface area (Å²) in [4.78, 5) is 4.26. The predicted molar refractivity (Wildman–Crippen MR) is 77.7 cm³/mol. The molecule has 0 radical (unpaired) electrons. The molecule has 0 unspecified atom stereocenters. The molecular formula is C16H12F3N3O. The fourth-order valence-electron chi connectivity index (χ4n) is 2.30. The van der Waals surface area contributed by atoms with Gasteiger partial charge >= 0.3 is 6.18 Å². The van der Waals surface area contributed by atoms with Crippen LogP contribution in [0.5, 0.6) is 0 Å². The van der Waals surface area contributed by atoms with Crippen LogP contribution in [0.25, 0.3) is 17.1 Å². The standard InChI is InChI=1S/C16H12F3N3O/c17-16(18,19)14-8-9-20-22(14)15-7-3-6-13(21-15)12-5-2-1-4-11(12)10-23/h1-9,23H,10H2. The number of aliphatic hydroxyl groups excluding tert-OH is 1. The first kappa shape index (κ1) is 15.2. The molecular weight excluding hydrogens is 307 g/mol. The average molecular weight is 319 g/mol. The highest BCUT2D eigenvalue weighted by atomic mass is 19.4. The quantitative estimate of drug-likeness (QED) is 0.804. The van der Waals surface area contributed by atoms with Crippen LogP contribution >= 0.6 is 0 Å². The lowest BCUT2D eigenvalue weighted by molar-refractivity contribution is -0.142. The first-order valence-corrected chi connectivity index (χ1v) is 6.78. The van der Waals surface area contributed by atoms with Crippen LogP contribution in [0, 0.1) is 0 Å². The highest BCUT2D eigenvalue weighted by molar-refractivity contribution is 5.64. The zero-order chi connectivity index (χ0) is 16.4. The van der Waals surface area contributed by atoms with Gasteiger partial charge in [-0.3, -0.25) is 0 Å². The van der Waals surface area contributed by atoms with Gasteiger partial charge in [-0.05, 0) is 23.8 Å². The second-order valence-electron chi connectivity index (χ2n) is 4.82. The Bertz CT molecular complexity index is 827. The molecule has 1 aromatic carbocycles. The number of hydrogen-bond donors (Lipinski definition) is 1. The molecule has 0 aliphatic carbocycles. The van der Waals surface area contributed by atoms with Crippen LogP contribution in [0.4, 0.5) is 13.2 Å². The van der Waals surface area contributed by atoms with Crippen molar-refractivity contribution in [3.8, 4) is 17.1 Å². The molecule has 4 nitrogen and oxygen atoms in total. The van der Waals surface area contributed by atoms with Gasteiger partial charge in [0.1, 0.15) is 5.69 Å². The lowest BCUT2D eigenvalue weighted by Crippen LogP contribution is -2.14. The van der Waals surface area contributed by atoms with Gasteiger partial charge in [0, 0.05) is 5.56 Å². The second kappa shape index (κ2) is 5.85. The minimum Gasteiger partial charge on any atom is -0.392 e. The number of aliphatic hydroxyl groups is 1. The van der Waals surface area contributed by atoms with Crippen molar-refractivity contribution < 1.29 is 18.3 Å². The molecule has 0 atom stereocenters. The first-order valence-electron chi connectivity index (χ1n) is 6.78. The van der Waals surface area contributed by atoms with E-state index in [1.54, 1.807) is 36.4 Å². The molecule has 3 rings (SSSR count). The Morgan fingerprint density at radius 1 is 1.00 bits per heavy atom. The molecule has 0 bridgehead atoms. The number of aromatic nitrogens is 3. The molecule has 0 spiro atoms. The molecule has 118 valence electrons. The molecule has 23 heavy (non-hydrogen) atoms. The normalized spacial score (nSPS) is 11.7. The highest BCUT2D eigenvalue weighted by Crippen LogP contribution is 2.30. The van der Waals surface area contributed by atoms with Crippen molar-refractivity contribution in [3.63, 3.8) is 0 Å². The van der Waals surface area contributed by atoms with Gasteiger partial charge in [0.2, 0.25) is 0 Å². The first-order chi connectivity index (χ1) is 11.0. The van der Waals surface area contributed by atoms with E-state index in [4.69, 9.17) is 0 Å². The van der Waals surface area contributed by atoms with E-state index in [-0.39, 0.29) is 12.4 Å². The molecule has 0 aliphatic heterocycles. The summed E-state index contributed by atoms with van der Waals surface area (Å²) in [7, 11) is 0.